The number of halogens is 1. The Labute approximate surface area is 128 Å². The van der Waals surface area contributed by atoms with E-state index in [0.717, 1.165) is 24.0 Å². The van der Waals surface area contributed by atoms with Gasteiger partial charge in [0.25, 0.3) is 5.69 Å². The molecule has 1 aromatic carbocycles. The molecule has 0 unspecified atom stereocenters. The van der Waals surface area contributed by atoms with E-state index >= 15 is 0 Å². The standard InChI is InChI=1S/C14H21BrN2O3/c1-11(2)10-20-7-3-6-16-9-12-4-5-13(15)8-14(12)17(18)19/h4-5,8,11,16H,3,6-7,9-10H2,1-2H3. The van der Waals surface area contributed by atoms with Gasteiger partial charge in [-0.2, -0.15) is 0 Å². The van der Waals surface area contributed by atoms with E-state index in [1.165, 1.54) is 6.07 Å². The molecule has 0 saturated heterocycles. The van der Waals surface area contributed by atoms with Crippen molar-refractivity contribution >= 4 is 21.6 Å². The van der Waals surface area contributed by atoms with Crippen LogP contribution >= 0.6 is 15.9 Å². The van der Waals surface area contributed by atoms with Crippen LogP contribution in [-0.2, 0) is 11.3 Å². The van der Waals surface area contributed by atoms with E-state index in [4.69, 9.17) is 4.74 Å². The van der Waals surface area contributed by atoms with Crippen LogP contribution in [0.5, 0.6) is 0 Å². The van der Waals surface area contributed by atoms with E-state index in [0.29, 0.717) is 24.6 Å². The van der Waals surface area contributed by atoms with E-state index in [-0.39, 0.29) is 10.6 Å². The first kappa shape index (κ1) is 17.1. The Kier molecular flexibility index (Phi) is 7.72. The van der Waals surface area contributed by atoms with Crippen LogP contribution in [0, 0.1) is 16.0 Å². The van der Waals surface area contributed by atoms with E-state index in [1.807, 2.05) is 6.07 Å². The molecule has 112 valence electrons. The van der Waals surface area contributed by atoms with Crippen molar-refractivity contribution in [3.63, 3.8) is 0 Å². The summed E-state index contributed by atoms with van der Waals surface area (Å²) in [5.41, 5.74) is 0.837. The molecule has 0 spiro atoms. The zero-order valence-electron chi connectivity index (χ0n) is 11.9. The van der Waals surface area contributed by atoms with Gasteiger partial charge in [0.15, 0.2) is 0 Å². The molecule has 0 radical (unpaired) electrons. The summed E-state index contributed by atoms with van der Waals surface area (Å²) >= 11 is 3.25. The molecular weight excluding hydrogens is 324 g/mol. The number of nitro benzene ring substituents is 1. The number of rotatable bonds is 9. The predicted molar refractivity (Wildman–Crippen MR) is 82.8 cm³/mol. The monoisotopic (exact) mass is 344 g/mol. The maximum Gasteiger partial charge on any atom is 0.275 e. The molecule has 0 amide bonds. The van der Waals surface area contributed by atoms with Crippen molar-refractivity contribution in [2.24, 2.45) is 5.92 Å². The Hall–Kier alpha value is -0.980. The second-order valence-electron chi connectivity index (χ2n) is 5.03. The SMILES string of the molecule is CC(C)COCCCNCc1ccc(Br)cc1[N+](=O)[O-]. The second-order valence-corrected chi connectivity index (χ2v) is 5.94. The Bertz CT molecular complexity index is 438. The van der Waals surface area contributed by atoms with E-state index in [9.17, 15) is 10.1 Å². The molecule has 1 aromatic rings. The lowest BCUT2D eigenvalue weighted by molar-refractivity contribution is -0.385. The quantitative estimate of drug-likeness (QED) is 0.423. The smallest absolute Gasteiger partial charge is 0.275 e. The molecule has 0 bridgehead atoms. The van der Waals surface area contributed by atoms with Gasteiger partial charge in [0, 0.05) is 35.9 Å². The summed E-state index contributed by atoms with van der Waals surface area (Å²) in [4.78, 5) is 10.6. The van der Waals surface area contributed by atoms with Crippen LogP contribution in [0.25, 0.3) is 0 Å². The molecule has 1 N–H and O–H groups in total. The van der Waals surface area contributed by atoms with Gasteiger partial charge in [0.05, 0.1) is 4.92 Å². The fourth-order valence-corrected chi connectivity index (χ4v) is 2.05. The van der Waals surface area contributed by atoms with Gasteiger partial charge in [0.2, 0.25) is 0 Å². The molecule has 0 aliphatic heterocycles. The van der Waals surface area contributed by atoms with Crippen LogP contribution in [-0.4, -0.2) is 24.7 Å². The summed E-state index contributed by atoms with van der Waals surface area (Å²) in [5.74, 6) is 0.549. The highest BCUT2D eigenvalue weighted by Crippen LogP contribution is 2.23. The highest BCUT2D eigenvalue weighted by molar-refractivity contribution is 9.10. The van der Waals surface area contributed by atoms with Crippen molar-refractivity contribution in [2.75, 3.05) is 19.8 Å². The van der Waals surface area contributed by atoms with Crippen molar-refractivity contribution in [2.45, 2.75) is 26.8 Å². The zero-order valence-corrected chi connectivity index (χ0v) is 13.5. The Morgan fingerprint density at radius 3 is 2.85 bits per heavy atom. The fourth-order valence-electron chi connectivity index (χ4n) is 1.70. The number of hydrogen-bond donors (Lipinski definition) is 1. The number of hydrogen-bond acceptors (Lipinski definition) is 4. The molecule has 0 fully saturated rings. The number of nitrogens with zero attached hydrogens (tertiary/aromatic N) is 1. The second kappa shape index (κ2) is 9.05. The third kappa shape index (κ3) is 6.45. The van der Waals surface area contributed by atoms with Crippen LogP contribution in [0.1, 0.15) is 25.8 Å². The van der Waals surface area contributed by atoms with Gasteiger partial charge >= 0.3 is 0 Å². The number of ether oxygens (including phenoxy) is 1. The molecule has 5 nitrogen and oxygen atoms in total. The highest BCUT2D eigenvalue weighted by atomic mass is 79.9. The largest absolute Gasteiger partial charge is 0.381 e. The fraction of sp³-hybridized carbons (Fsp3) is 0.571. The normalized spacial score (nSPS) is 11.0. The summed E-state index contributed by atoms with van der Waals surface area (Å²) in [5, 5.41) is 14.2. The minimum absolute atomic E-state index is 0.142. The Morgan fingerprint density at radius 1 is 1.45 bits per heavy atom. The van der Waals surface area contributed by atoms with Crippen molar-refractivity contribution in [3.05, 3.63) is 38.3 Å². The number of nitrogens with one attached hydrogen (secondary N) is 1. The molecule has 0 aromatic heterocycles. The van der Waals surface area contributed by atoms with Gasteiger partial charge in [-0.15, -0.1) is 0 Å². The first-order valence-corrected chi connectivity index (χ1v) is 7.51. The minimum Gasteiger partial charge on any atom is -0.381 e. The Balaban J connectivity index is 2.30. The average molecular weight is 345 g/mol. The Morgan fingerprint density at radius 2 is 2.20 bits per heavy atom. The molecular formula is C14H21BrN2O3. The third-order valence-electron chi connectivity index (χ3n) is 2.65. The lowest BCUT2D eigenvalue weighted by Crippen LogP contribution is -2.17. The van der Waals surface area contributed by atoms with Gasteiger partial charge in [0.1, 0.15) is 0 Å². The summed E-state index contributed by atoms with van der Waals surface area (Å²) in [7, 11) is 0. The van der Waals surface area contributed by atoms with Crippen LogP contribution in [0.3, 0.4) is 0 Å². The molecule has 6 heteroatoms. The van der Waals surface area contributed by atoms with Crippen molar-refractivity contribution in [1.29, 1.82) is 0 Å². The van der Waals surface area contributed by atoms with E-state index in [1.54, 1.807) is 6.07 Å². The van der Waals surface area contributed by atoms with Gasteiger partial charge in [-0.25, -0.2) is 0 Å². The first-order chi connectivity index (χ1) is 9.50. The topological polar surface area (TPSA) is 64.4 Å². The van der Waals surface area contributed by atoms with Gasteiger partial charge in [-0.05, 0) is 31.0 Å². The lowest BCUT2D eigenvalue weighted by Gasteiger charge is -2.08. The third-order valence-corrected chi connectivity index (χ3v) is 3.15. The highest BCUT2D eigenvalue weighted by Gasteiger charge is 2.13. The minimum atomic E-state index is -0.354. The maximum atomic E-state index is 10.9. The number of benzene rings is 1. The summed E-state index contributed by atoms with van der Waals surface area (Å²) in [6.07, 6.45) is 0.900. The van der Waals surface area contributed by atoms with E-state index < -0.39 is 0 Å². The predicted octanol–water partition coefficient (Wildman–Crippen LogP) is 3.51. The van der Waals surface area contributed by atoms with Crippen molar-refractivity contribution in [3.8, 4) is 0 Å². The van der Waals surface area contributed by atoms with Gasteiger partial charge in [-0.1, -0.05) is 29.8 Å². The van der Waals surface area contributed by atoms with Crippen LogP contribution in [0.15, 0.2) is 22.7 Å². The van der Waals surface area contributed by atoms with Gasteiger partial charge < -0.3 is 10.1 Å². The van der Waals surface area contributed by atoms with Crippen LogP contribution in [0.2, 0.25) is 0 Å². The molecule has 20 heavy (non-hydrogen) atoms. The average Bonchev–Trinajstić information content (AvgIpc) is 2.38. The summed E-state index contributed by atoms with van der Waals surface area (Å²) < 4.78 is 6.19. The van der Waals surface area contributed by atoms with Crippen molar-refractivity contribution < 1.29 is 9.66 Å². The van der Waals surface area contributed by atoms with Crippen LogP contribution < -0.4 is 5.32 Å². The van der Waals surface area contributed by atoms with Crippen LogP contribution in [0.4, 0.5) is 5.69 Å². The first-order valence-electron chi connectivity index (χ1n) is 6.72. The van der Waals surface area contributed by atoms with E-state index in [2.05, 4.69) is 35.1 Å². The zero-order chi connectivity index (χ0) is 15.0. The molecule has 0 aliphatic carbocycles. The molecule has 0 saturated carbocycles. The van der Waals surface area contributed by atoms with Crippen molar-refractivity contribution in [1.82, 2.24) is 5.32 Å². The molecule has 0 heterocycles. The number of nitro groups is 1. The lowest BCUT2D eigenvalue weighted by atomic mass is 10.2. The molecule has 0 atom stereocenters. The van der Waals surface area contributed by atoms with Gasteiger partial charge in [-0.3, -0.25) is 10.1 Å². The maximum absolute atomic E-state index is 10.9. The molecule has 1 rings (SSSR count). The molecule has 0 aliphatic rings. The summed E-state index contributed by atoms with van der Waals surface area (Å²) in [6, 6.07) is 5.11. The summed E-state index contributed by atoms with van der Waals surface area (Å²) in [6.45, 7) is 7.00.